The minimum Gasteiger partial charge on any atom is -0.395 e. The van der Waals surface area contributed by atoms with Crippen molar-refractivity contribution >= 4 is 34.2 Å². The van der Waals surface area contributed by atoms with Gasteiger partial charge in [-0.3, -0.25) is 0 Å². The molecule has 1 aromatic rings. The van der Waals surface area contributed by atoms with Crippen molar-refractivity contribution in [3.63, 3.8) is 0 Å². The van der Waals surface area contributed by atoms with Gasteiger partial charge in [0, 0.05) is 5.02 Å². The van der Waals surface area contributed by atoms with Crippen LogP contribution in [-0.4, -0.2) is 11.7 Å². The van der Waals surface area contributed by atoms with Crippen LogP contribution in [0.25, 0.3) is 0 Å². The molecule has 0 bridgehead atoms. The number of halogens is 2. The zero-order chi connectivity index (χ0) is 8.27. The number of hydrogen-bond donors (Lipinski definition) is 1. The number of rotatable bonds is 2. The van der Waals surface area contributed by atoms with Crippen LogP contribution < -0.4 is 0 Å². The Labute approximate surface area is 84.5 Å². The van der Waals surface area contributed by atoms with E-state index in [4.69, 9.17) is 16.7 Å². The Bertz CT molecular complexity index is 239. The largest absolute Gasteiger partial charge is 0.395 e. The van der Waals surface area contributed by atoms with Crippen molar-refractivity contribution in [2.75, 3.05) is 6.61 Å². The molecule has 0 aliphatic heterocycles. The monoisotopic (exact) mass is 282 g/mol. The van der Waals surface area contributed by atoms with Gasteiger partial charge in [0.05, 0.1) is 10.5 Å². The third-order valence-corrected chi connectivity index (χ3v) is 2.72. The second kappa shape index (κ2) is 4.28. The topological polar surface area (TPSA) is 20.2 Å². The van der Waals surface area contributed by atoms with Crippen molar-refractivity contribution in [1.82, 2.24) is 0 Å². The van der Waals surface area contributed by atoms with E-state index in [1.165, 1.54) is 0 Å². The molecule has 11 heavy (non-hydrogen) atoms. The molecule has 0 fully saturated rings. The molecular formula is C8H8ClIO. The quantitative estimate of drug-likeness (QED) is 0.653. The molecule has 0 heterocycles. The summed E-state index contributed by atoms with van der Waals surface area (Å²) in [5, 5.41) is 9.55. The van der Waals surface area contributed by atoms with E-state index in [-0.39, 0.29) is 10.5 Å². The third-order valence-electron chi connectivity index (χ3n) is 1.37. The summed E-state index contributed by atoms with van der Waals surface area (Å²) in [6, 6.07) is 7.54. The molecule has 0 saturated carbocycles. The van der Waals surface area contributed by atoms with E-state index < -0.39 is 0 Å². The Kier molecular flexibility index (Phi) is 3.62. The number of alkyl halides is 1. The van der Waals surface area contributed by atoms with E-state index in [2.05, 4.69) is 22.6 Å². The first-order chi connectivity index (χ1) is 5.24. The molecule has 0 aromatic heterocycles. The number of aliphatic hydroxyl groups excluding tert-OH is 1. The molecule has 0 saturated heterocycles. The summed E-state index contributed by atoms with van der Waals surface area (Å²) in [6.45, 7) is 0.154. The van der Waals surface area contributed by atoms with Gasteiger partial charge < -0.3 is 5.11 Å². The Morgan fingerprint density at radius 1 is 1.55 bits per heavy atom. The number of benzene rings is 1. The van der Waals surface area contributed by atoms with E-state index in [0.717, 1.165) is 10.6 Å². The van der Waals surface area contributed by atoms with Gasteiger partial charge in [0.1, 0.15) is 0 Å². The van der Waals surface area contributed by atoms with Crippen LogP contribution in [0.1, 0.15) is 9.49 Å². The molecule has 0 aliphatic rings. The van der Waals surface area contributed by atoms with Crippen molar-refractivity contribution in [1.29, 1.82) is 0 Å². The van der Waals surface area contributed by atoms with Crippen LogP contribution in [0.5, 0.6) is 0 Å². The molecule has 1 N–H and O–H groups in total. The van der Waals surface area contributed by atoms with Gasteiger partial charge in [0.15, 0.2) is 0 Å². The van der Waals surface area contributed by atoms with Crippen LogP contribution in [0.15, 0.2) is 24.3 Å². The smallest absolute Gasteiger partial charge is 0.0591 e. The van der Waals surface area contributed by atoms with E-state index in [1.807, 2.05) is 24.3 Å². The predicted molar refractivity (Wildman–Crippen MR) is 55.3 cm³/mol. The average molecular weight is 283 g/mol. The fraction of sp³-hybridized carbons (Fsp3) is 0.250. The van der Waals surface area contributed by atoms with E-state index in [1.54, 1.807) is 0 Å². The lowest BCUT2D eigenvalue weighted by Crippen LogP contribution is -1.94. The average Bonchev–Trinajstić information content (AvgIpc) is 2.03. The molecular weight excluding hydrogens is 274 g/mol. The van der Waals surface area contributed by atoms with Crippen molar-refractivity contribution in [2.24, 2.45) is 0 Å². The van der Waals surface area contributed by atoms with Gasteiger partial charge in [0.25, 0.3) is 0 Å². The van der Waals surface area contributed by atoms with E-state index in [0.29, 0.717) is 0 Å². The van der Waals surface area contributed by atoms with Crippen LogP contribution in [0.4, 0.5) is 0 Å². The zero-order valence-electron chi connectivity index (χ0n) is 5.80. The van der Waals surface area contributed by atoms with Crippen LogP contribution in [-0.2, 0) is 0 Å². The van der Waals surface area contributed by atoms with Gasteiger partial charge >= 0.3 is 0 Å². The highest BCUT2D eigenvalue weighted by Crippen LogP contribution is 2.24. The number of aliphatic hydroxyl groups is 1. The highest BCUT2D eigenvalue weighted by atomic mass is 127. The van der Waals surface area contributed by atoms with Crippen molar-refractivity contribution in [2.45, 2.75) is 3.92 Å². The molecule has 0 unspecified atom stereocenters. The van der Waals surface area contributed by atoms with E-state index in [9.17, 15) is 0 Å². The molecule has 0 aliphatic carbocycles. The fourth-order valence-electron chi connectivity index (χ4n) is 0.807. The molecule has 1 nitrogen and oxygen atoms in total. The van der Waals surface area contributed by atoms with Crippen LogP contribution >= 0.6 is 34.2 Å². The molecule has 0 radical (unpaired) electrons. The van der Waals surface area contributed by atoms with Gasteiger partial charge in [-0.1, -0.05) is 46.3 Å². The Balaban J connectivity index is 2.86. The number of hydrogen-bond acceptors (Lipinski definition) is 1. The molecule has 0 amide bonds. The normalized spacial score (nSPS) is 13.0. The maximum absolute atomic E-state index is 8.83. The van der Waals surface area contributed by atoms with Crippen molar-refractivity contribution < 1.29 is 5.11 Å². The third kappa shape index (κ3) is 2.61. The summed E-state index contributed by atoms with van der Waals surface area (Å²) in [5.41, 5.74) is 1.07. The Hall–Kier alpha value is 0.200. The van der Waals surface area contributed by atoms with Crippen molar-refractivity contribution in [3.05, 3.63) is 34.9 Å². The van der Waals surface area contributed by atoms with Crippen LogP contribution in [0.2, 0.25) is 5.02 Å². The van der Waals surface area contributed by atoms with Gasteiger partial charge in [0.2, 0.25) is 0 Å². The summed E-state index contributed by atoms with van der Waals surface area (Å²) in [6.07, 6.45) is 0. The zero-order valence-corrected chi connectivity index (χ0v) is 8.71. The van der Waals surface area contributed by atoms with Crippen molar-refractivity contribution in [3.8, 4) is 0 Å². The summed E-state index contributed by atoms with van der Waals surface area (Å²) in [7, 11) is 0. The molecule has 3 heteroatoms. The van der Waals surface area contributed by atoms with Gasteiger partial charge in [-0.15, -0.1) is 0 Å². The lowest BCUT2D eigenvalue weighted by atomic mass is 10.2. The minimum absolute atomic E-state index is 0.145. The fourth-order valence-corrected chi connectivity index (χ4v) is 1.39. The summed E-state index contributed by atoms with van der Waals surface area (Å²) in [4.78, 5) is 0. The Morgan fingerprint density at radius 3 is 2.82 bits per heavy atom. The molecule has 1 aromatic carbocycles. The highest BCUT2D eigenvalue weighted by molar-refractivity contribution is 14.1. The van der Waals surface area contributed by atoms with Gasteiger partial charge in [-0.25, -0.2) is 0 Å². The maximum Gasteiger partial charge on any atom is 0.0591 e. The Morgan fingerprint density at radius 2 is 2.27 bits per heavy atom. The summed E-state index contributed by atoms with van der Waals surface area (Å²) in [5.74, 6) is 0. The molecule has 1 atom stereocenters. The van der Waals surface area contributed by atoms with Crippen LogP contribution in [0, 0.1) is 0 Å². The predicted octanol–water partition coefficient (Wildman–Crippen LogP) is 2.81. The first-order valence-electron chi connectivity index (χ1n) is 3.24. The first-order valence-corrected chi connectivity index (χ1v) is 4.87. The molecule has 0 spiro atoms. The molecule has 60 valence electrons. The summed E-state index contributed by atoms with van der Waals surface area (Å²) >= 11 is 7.94. The van der Waals surface area contributed by atoms with Crippen LogP contribution in [0.3, 0.4) is 0 Å². The minimum atomic E-state index is 0.145. The summed E-state index contributed by atoms with van der Waals surface area (Å²) < 4.78 is 0.145. The van der Waals surface area contributed by atoms with E-state index >= 15 is 0 Å². The lowest BCUT2D eigenvalue weighted by molar-refractivity contribution is 0.301. The SMILES string of the molecule is OC[C@@H](I)c1cccc(Cl)c1. The standard InChI is InChI=1S/C8H8ClIO/c9-7-3-1-2-6(4-7)8(10)5-11/h1-4,8,11H,5H2/t8-/m1/s1. The lowest BCUT2D eigenvalue weighted by Gasteiger charge is -2.05. The van der Waals surface area contributed by atoms with Gasteiger partial charge in [-0.05, 0) is 17.7 Å². The maximum atomic E-state index is 8.83. The second-order valence-electron chi connectivity index (χ2n) is 2.21. The first kappa shape index (κ1) is 9.29. The second-order valence-corrected chi connectivity index (χ2v) is 4.15. The van der Waals surface area contributed by atoms with Gasteiger partial charge in [-0.2, -0.15) is 0 Å². The highest BCUT2D eigenvalue weighted by Gasteiger charge is 2.04. The molecule has 1 rings (SSSR count).